The summed E-state index contributed by atoms with van der Waals surface area (Å²) in [4.78, 5) is 24.3. The van der Waals surface area contributed by atoms with E-state index < -0.39 is 11.6 Å². The number of fused-ring (bicyclic) bond motifs is 1. The summed E-state index contributed by atoms with van der Waals surface area (Å²) in [5.74, 6) is -0.439. The van der Waals surface area contributed by atoms with Crippen molar-refractivity contribution < 1.29 is 13.6 Å². The van der Waals surface area contributed by atoms with Gasteiger partial charge in [-0.1, -0.05) is 6.07 Å². The number of amides is 1. The van der Waals surface area contributed by atoms with Gasteiger partial charge in [-0.3, -0.25) is 4.79 Å². The van der Waals surface area contributed by atoms with Gasteiger partial charge in [0.1, 0.15) is 23.8 Å². The number of anilines is 2. The molecule has 0 N–H and O–H groups in total. The quantitative estimate of drug-likeness (QED) is 0.611. The minimum absolute atomic E-state index is 0.0237. The highest BCUT2D eigenvalue weighted by Crippen LogP contribution is 2.36. The average Bonchev–Trinajstić information content (AvgIpc) is 3.23. The largest absolute Gasteiger partial charge is 0.356 e. The van der Waals surface area contributed by atoms with Gasteiger partial charge in [-0.15, -0.1) is 0 Å². The number of halogens is 2. The third-order valence-corrected chi connectivity index (χ3v) is 6.28. The van der Waals surface area contributed by atoms with Crippen molar-refractivity contribution in [1.82, 2.24) is 9.97 Å². The van der Waals surface area contributed by atoms with Crippen molar-refractivity contribution in [2.45, 2.75) is 25.7 Å². The summed E-state index contributed by atoms with van der Waals surface area (Å²) in [6.07, 6.45) is 4.02. The highest BCUT2D eigenvalue weighted by molar-refractivity contribution is 6.00. The van der Waals surface area contributed by atoms with Gasteiger partial charge in [0.05, 0.1) is 17.3 Å². The number of rotatable bonds is 3. The molecule has 1 amide bonds. The van der Waals surface area contributed by atoms with E-state index in [1.165, 1.54) is 29.4 Å². The lowest BCUT2D eigenvalue weighted by molar-refractivity contribution is -0.117. The van der Waals surface area contributed by atoms with E-state index in [2.05, 4.69) is 16.0 Å². The van der Waals surface area contributed by atoms with E-state index in [-0.39, 0.29) is 17.5 Å². The fraction of sp³-hybridized carbons (Fsp3) is 0.333. The van der Waals surface area contributed by atoms with Crippen LogP contribution in [0.5, 0.6) is 0 Å². The molecule has 32 heavy (non-hydrogen) atoms. The van der Waals surface area contributed by atoms with Crippen molar-refractivity contribution >= 4 is 28.3 Å². The fourth-order valence-corrected chi connectivity index (χ4v) is 4.61. The van der Waals surface area contributed by atoms with Gasteiger partial charge < -0.3 is 9.80 Å². The molecule has 2 aliphatic rings. The van der Waals surface area contributed by atoms with E-state index in [9.17, 15) is 13.6 Å². The average molecular weight is 433 g/mol. The van der Waals surface area contributed by atoms with E-state index in [1.54, 1.807) is 12.1 Å². The lowest BCUT2D eigenvalue weighted by Crippen LogP contribution is -2.34. The first-order chi connectivity index (χ1) is 15.5. The predicted molar refractivity (Wildman–Crippen MR) is 117 cm³/mol. The SMILES string of the molecule is N#CC1CCN(c2ncnc3c(-c4ccc(N5CCCC5=O)c(F)c4)cc(F)cc23)CC1. The third-order valence-electron chi connectivity index (χ3n) is 6.28. The summed E-state index contributed by atoms with van der Waals surface area (Å²) in [5, 5.41) is 9.70. The van der Waals surface area contributed by atoms with Crippen LogP contribution in [-0.4, -0.2) is 35.5 Å². The molecule has 0 saturated carbocycles. The molecular formula is C24H21F2N5O. The van der Waals surface area contributed by atoms with Gasteiger partial charge in [0, 0.05) is 42.9 Å². The second-order valence-corrected chi connectivity index (χ2v) is 8.25. The van der Waals surface area contributed by atoms with E-state index in [0.29, 0.717) is 60.3 Å². The Morgan fingerprint density at radius 1 is 1.06 bits per heavy atom. The van der Waals surface area contributed by atoms with Crippen LogP contribution in [0.2, 0.25) is 0 Å². The summed E-state index contributed by atoms with van der Waals surface area (Å²) in [7, 11) is 0. The molecule has 0 bridgehead atoms. The Labute approximate surface area is 184 Å². The number of carbonyl (C=O) groups is 1. The maximum absolute atomic E-state index is 14.9. The molecule has 162 valence electrons. The molecule has 5 rings (SSSR count). The Bertz CT molecular complexity index is 1250. The van der Waals surface area contributed by atoms with Gasteiger partial charge in [-0.2, -0.15) is 5.26 Å². The van der Waals surface area contributed by atoms with Crippen molar-refractivity contribution in [3.63, 3.8) is 0 Å². The molecule has 0 unspecified atom stereocenters. The number of hydrogen-bond acceptors (Lipinski definition) is 5. The molecule has 0 aliphatic carbocycles. The molecule has 1 aromatic heterocycles. The number of aromatic nitrogens is 2. The van der Waals surface area contributed by atoms with Crippen LogP contribution >= 0.6 is 0 Å². The molecule has 0 spiro atoms. The third kappa shape index (κ3) is 3.54. The lowest BCUT2D eigenvalue weighted by atomic mass is 9.97. The Morgan fingerprint density at radius 3 is 2.56 bits per heavy atom. The second-order valence-electron chi connectivity index (χ2n) is 8.25. The van der Waals surface area contributed by atoms with E-state index in [4.69, 9.17) is 5.26 Å². The normalized spacial score (nSPS) is 17.2. The molecule has 3 aromatic rings. The predicted octanol–water partition coefficient (Wildman–Crippen LogP) is 4.44. The standard InChI is InChI=1S/C24H21F2N5O/c25-17-11-18(16-3-4-21(20(26)10-16)31-7-1-2-22(31)32)23-19(12-17)24(29-14-28-23)30-8-5-15(13-27)6-9-30/h3-4,10-12,14-15H,1-2,5-9H2. The molecule has 2 saturated heterocycles. The lowest BCUT2D eigenvalue weighted by Gasteiger charge is -2.30. The number of piperidine rings is 1. The van der Waals surface area contributed by atoms with E-state index >= 15 is 0 Å². The number of benzene rings is 2. The minimum Gasteiger partial charge on any atom is -0.356 e. The zero-order valence-electron chi connectivity index (χ0n) is 17.4. The number of nitrogens with zero attached hydrogens (tertiary/aromatic N) is 5. The summed E-state index contributed by atoms with van der Waals surface area (Å²) >= 11 is 0. The molecule has 0 atom stereocenters. The van der Waals surface area contributed by atoms with Gasteiger partial charge >= 0.3 is 0 Å². The number of carbonyl (C=O) groups excluding carboxylic acids is 1. The highest BCUT2D eigenvalue weighted by atomic mass is 19.1. The van der Waals surface area contributed by atoms with Crippen LogP contribution in [0.25, 0.3) is 22.0 Å². The van der Waals surface area contributed by atoms with Crippen molar-refractivity contribution in [3.05, 3.63) is 48.3 Å². The summed E-state index contributed by atoms with van der Waals surface area (Å²) < 4.78 is 29.6. The molecule has 0 radical (unpaired) electrons. The Balaban J connectivity index is 1.56. The van der Waals surface area contributed by atoms with Gasteiger partial charge in [-0.05, 0) is 49.1 Å². The maximum Gasteiger partial charge on any atom is 0.227 e. The Hall–Kier alpha value is -3.60. The molecular weight excluding hydrogens is 412 g/mol. The van der Waals surface area contributed by atoms with Gasteiger partial charge in [0.25, 0.3) is 0 Å². The molecule has 3 heterocycles. The van der Waals surface area contributed by atoms with Gasteiger partial charge in [-0.25, -0.2) is 18.7 Å². The minimum atomic E-state index is -0.525. The first kappa shape index (κ1) is 20.3. The first-order valence-corrected chi connectivity index (χ1v) is 10.7. The van der Waals surface area contributed by atoms with Crippen molar-refractivity contribution in [3.8, 4) is 17.2 Å². The fourth-order valence-electron chi connectivity index (χ4n) is 4.61. The highest BCUT2D eigenvalue weighted by Gasteiger charge is 2.25. The molecule has 2 aromatic carbocycles. The summed E-state index contributed by atoms with van der Waals surface area (Å²) in [5.41, 5.74) is 1.72. The van der Waals surface area contributed by atoms with Crippen LogP contribution in [0.3, 0.4) is 0 Å². The topological polar surface area (TPSA) is 73.1 Å². The zero-order chi connectivity index (χ0) is 22.2. The van der Waals surface area contributed by atoms with Crippen molar-refractivity contribution in [2.75, 3.05) is 29.4 Å². The van der Waals surface area contributed by atoms with Crippen LogP contribution in [-0.2, 0) is 4.79 Å². The number of hydrogen-bond donors (Lipinski definition) is 0. The summed E-state index contributed by atoms with van der Waals surface area (Å²) in [6.45, 7) is 1.81. The molecule has 8 heteroatoms. The zero-order valence-corrected chi connectivity index (χ0v) is 17.4. The summed E-state index contributed by atoms with van der Waals surface area (Å²) in [6, 6.07) is 9.64. The van der Waals surface area contributed by atoms with Crippen LogP contribution in [0.15, 0.2) is 36.7 Å². The van der Waals surface area contributed by atoms with Crippen LogP contribution < -0.4 is 9.80 Å². The van der Waals surface area contributed by atoms with Crippen molar-refractivity contribution in [1.29, 1.82) is 5.26 Å². The smallest absolute Gasteiger partial charge is 0.227 e. The van der Waals surface area contributed by atoms with Crippen LogP contribution in [0.4, 0.5) is 20.3 Å². The van der Waals surface area contributed by atoms with Crippen molar-refractivity contribution in [2.24, 2.45) is 5.92 Å². The first-order valence-electron chi connectivity index (χ1n) is 10.7. The Morgan fingerprint density at radius 2 is 1.88 bits per heavy atom. The van der Waals surface area contributed by atoms with Gasteiger partial charge in [0.2, 0.25) is 5.91 Å². The molecule has 2 fully saturated rings. The monoisotopic (exact) mass is 433 g/mol. The second kappa shape index (κ2) is 8.15. The Kier molecular flexibility index (Phi) is 5.17. The van der Waals surface area contributed by atoms with Crippen LogP contribution in [0, 0.1) is 28.9 Å². The van der Waals surface area contributed by atoms with Crippen LogP contribution in [0.1, 0.15) is 25.7 Å². The van der Waals surface area contributed by atoms with E-state index in [0.717, 1.165) is 12.8 Å². The number of nitriles is 1. The maximum atomic E-state index is 14.9. The molecule has 6 nitrogen and oxygen atoms in total. The molecule has 2 aliphatic heterocycles. The van der Waals surface area contributed by atoms with Gasteiger partial charge in [0.15, 0.2) is 0 Å². The van der Waals surface area contributed by atoms with E-state index in [1.807, 2.05) is 4.90 Å².